The van der Waals surface area contributed by atoms with Crippen LogP contribution in [0.2, 0.25) is 0 Å². The molecule has 0 unspecified atom stereocenters. The predicted molar refractivity (Wildman–Crippen MR) is 71.4 cm³/mol. The maximum absolute atomic E-state index is 11.3. The minimum atomic E-state index is -0.350. The molecule has 0 amide bonds. The van der Waals surface area contributed by atoms with Crippen LogP contribution in [0.15, 0.2) is 18.3 Å². The summed E-state index contributed by atoms with van der Waals surface area (Å²) in [6, 6.07) is 3.62. The molecule has 18 heavy (non-hydrogen) atoms. The molecule has 1 aromatic rings. The molecule has 100 valence electrons. The molecule has 4 nitrogen and oxygen atoms in total. The number of carbonyl (C=O) groups is 1. The summed E-state index contributed by atoms with van der Waals surface area (Å²) < 4.78 is 4.63. The second-order valence-electron chi connectivity index (χ2n) is 5.76. The van der Waals surface area contributed by atoms with Crippen LogP contribution >= 0.6 is 0 Å². The van der Waals surface area contributed by atoms with Gasteiger partial charge in [-0.2, -0.15) is 0 Å². The number of esters is 1. The van der Waals surface area contributed by atoms with Crippen LogP contribution in [0.3, 0.4) is 0 Å². The van der Waals surface area contributed by atoms with Crippen molar-refractivity contribution < 1.29 is 9.53 Å². The average molecular weight is 250 g/mol. The highest BCUT2D eigenvalue weighted by Gasteiger charge is 2.14. The summed E-state index contributed by atoms with van der Waals surface area (Å²) in [6.45, 7) is 8.39. The van der Waals surface area contributed by atoms with Gasteiger partial charge in [-0.05, 0) is 24.6 Å². The Morgan fingerprint density at radius 2 is 2.06 bits per heavy atom. The van der Waals surface area contributed by atoms with Crippen LogP contribution in [0, 0.1) is 5.41 Å². The maximum atomic E-state index is 11.3. The summed E-state index contributed by atoms with van der Waals surface area (Å²) in [6.07, 6.45) is 1.56. The van der Waals surface area contributed by atoms with Crippen LogP contribution in [0.25, 0.3) is 0 Å². The van der Waals surface area contributed by atoms with Gasteiger partial charge in [-0.3, -0.25) is 4.98 Å². The molecule has 0 aliphatic carbocycles. The fraction of sp³-hybridized carbons (Fsp3) is 0.571. The van der Waals surface area contributed by atoms with Crippen molar-refractivity contribution in [1.29, 1.82) is 0 Å². The molecular weight excluding hydrogens is 228 g/mol. The van der Waals surface area contributed by atoms with Crippen molar-refractivity contribution in [3.05, 3.63) is 29.6 Å². The van der Waals surface area contributed by atoms with Crippen LogP contribution in [-0.4, -0.2) is 36.6 Å². The molecule has 0 N–H and O–H groups in total. The maximum Gasteiger partial charge on any atom is 0.339 e. The fourth-order valence-electron chi connectivity index (χ4n) is 1.90. The highest BCUT2D eigenvalue weighted by Crippen LogP contribution is 2.15. The Morgan fingerprint density at radius 3 is 2.50 bits per heavy atom. The van der Waals surface area contributed by atoms with Gasteiger partial charge in [0, 0.05) is 19.3 Å². The molecule has 0 saturated heterocycles. The first-order valence-corrected chi connectivity index (χ1v) is 6.03. The number of carbonyl (C=O) groups excluding carboxylic acids is 1. The molecule has 0 atom stereocenters. The Bertz CT molecular complexity index is 393. The van der Waals surface area contributed by atoms with Crippen molar-refractivity contribution in [2.24, 2.45) is 5.41 Å². The van der Waals surface area contributed by atoms with Gasteiger partial charge >= 0.3 is 5.97 Å². The molecule has 0 aliphatic rings. The molecule has 0 fully saturated rings. The fourth-order valence-corrected chi connectivity index (χ4v) is 1.90. The van der Waals surface area contributed by atoms with E-state index in [1.54, 1.807) is 12.3 Å². The largest absolute Gasteiger partial charge is 0.465 e. The molecule has 0 spiro atoms. The van der Waals surface area contributed by atoms with Crippen LogP contribution in [0.1, 0.15) is 36.8 Å². The highest BCUT2D eigenvalue weighted by atomic mass is 16.5. The monoisotopic (exact) mass is 250 g/mol. The standard InChI is InChI=1S/C14H22N2O2/c1-14(2,3)10-16(4)9-12-7-6-11(8-15-12)13(17)18-5/h6-8H,9-10H2,1-5H3. The lowest BCUT2D eigenvalue weighted by Crippen LogP contribution is -2.29. The van der Waals surface area contributed by atoms with E-state index in [-0.39, 0.29) is 11.4 Å². The summed E-state index contributed by atoms with van der Waals surface area (Å²) >= 11 is 0. The van der Waals surface area contributed by atoms with E-state index in [0.29, 0.717) is 5.56 Å². The van der Waals surface area contributed by atoms with Crippen LogP contribution in [0.5, 0.6) is 0 Å². The van der Waals surface area contributed by atoms with Crippen molar-refractivity contribution in [3.8, 4) is 0 Å². The van der Waals surface area contributed by atoms with E-state index < -0.39 is 0 Å². The number of nitrogens with zero attached hydrogens (tertiary/aromatic N) is 2. The Labute approximate surface area is 109 Å². The number of rotatable bonds is 4. The zero-order valence-corrected chi connectivity index (χ0v) is 11.9. The quantitative estimate of drug-likeness (QED) is 0.769. The van der Waals surface area contributed by atoms with Crippen molar-refractivity contribution in [2.75, 3.05) is 20.7 Å². The van der Waals surface area contributed by atoms with Crippen molar-refractivity contribution in [2.45, 2.75) is 27.3 Å². The molecule has 4 heteroatoms. The first kappa shape index (κ1) is 14.6. The molecule has 0 saturated carbocycles. The number of aromatic nitrogens is 1. The number of hydrogen-bond donors (Lipinski definition) is 0. The summed E-state index contributed by atoms with van der Waals surface area (Å²) in [7, 11) is 3.44. The summed E-state index contributed by atoms with van der Waals surface area (Å²) in [5.74, 6) is -0.350. The minimum Gasteiger partial charge on any atom is -0.465 e. The van der Waals surface area contributed by atoms with Crippen LogP contribution in [-0.2, 0) is 11.3 Å². The Kier molecular flexibility index (Phi) is 4.84. The third-order valence-electron chi connectivity index (χ3n) is 2.42. The van der Waals surface area contributed by atoms with Crippen LogP contribution in [0.4, 0.5) is 0 Å². The second-order valence-corrected chi connectivity index (χ2v) is 5.76. The van der Waals surface area contributed by atoms with E-state index in [9.17, 15) is 4.79 Å². The van der Waals surface area contributed by atoms with Gasteiger partial charge in [-0.15, -0.1) is 0 Å². The van der Waals surface area contributed by atoms with Gasteiger partial charge in [-0.25, -0.2) is 4.79 Å². The van der Waals surface area contributed by atoms with Gasteiger partial charge in [0.1, 0.15) is 0 Å². The van der Waals surface area contributed by atoms with E-state index in [2.05, 4.69) is 42.4 Å². The normalized spacial score (nSPS) is 11.7. The van der Waals surface area contributed by atoms with E-state index in [4.69, 9.17) is 0 Å². The molecule has 0 bridgehead atoms. The molecule has 0 aliphatic heterocycles. The first-order valence-electron chi connectivity index (χ1n) is 6.03. The number of methoxy groups -OCH3 is 1. The third-order valence-corrected chi connectivity index (χ3v) is 2.42. The van der Waals surface area contributed by atoms with Gasteiger partial charge in [-0.1, -0.05) is 20.8 Å². The molecule has 1 aromatic heterocycles. The van der Waals surface area contributed by atoms with E-state index in [0.717, 1.165) is 18.8 Å². The van der Waals surface area contributed by atoms with Gasteiger partial charge in [0.05, 0.1) is 18.4 Å². The topological polar surface area (TPSA) is 42.4 Å². The zero-order valence-electron chi connectivity index (χ0n) is 11.9. The average Bonchev–Trinajstić information content (AvgIpc) is 2.26. The third kappa shape index (κ3) is 4.84. The molecule has 1 heterocycles. The highest BCUT2D eigenvalue weighted by molar-refractivity contribution is 5.88. The Morgan fingerprint density at radius 1 is 1.39 bits per heavy atom. The predicted octanol–water partition coefficient (Wildman–Crippen LogP) is 2.35. The molecule has 0 radical (unpaired) electrons. The van der Waals surface area contributed by atoms with Gasteiger partial charge in [0.2, 0.25) is 0 Å². The van der Waals surface area contributed by atoms with E-state index in [1.165, 1.54) is 7.11 Å². The van der Waals surface area contributed by atoms with Gasteiger partial charge < -0.3 is 9.64 Å². The van der Waals surface area contributed by atoms with Crippen molar-refractivity contribution >= 4 is 5.97 Å². The summed E-state index contributed by atoms with van der Waals surface area (Å²) in [5, 5.41) is 0. The van der Waals surface area contributed by atoms with E-state index >= 15 is 0 Å². The van der Waals surface area contributed by atoms with E-state index in [1.807, 2.05) is 6.07 Å². The number of hydrogen-bond acceptors (Lipinski definition) is 4. The lowest BCUT2D eigenvalue weighted by Gasteiger charge is -2.26. The Hall–Kier alpha value is -1.42. The Balaban J connectivity index is 2.61. The van der Waals surface area contributed by atoms with Gasteiger partial charge in [0.15, 0.2) is 0 Å². The first-order chi connectivity index (χ1) is 8.31. The summed E-state index contributed by atoms with van der Waals surface area (Å²) in [4.78, 5) is 17.8. The molecule has 1 rings (SSSR count). The van der Waals surface area contributed by atoms with Gasteiger partial charge in [0.25, 0.3) is 0 Å². The van der Waals surface area contributed by atoms with Crippen molar-refractivity contribution in [3.63, 3.8) is 0 Å². The number of pyridine rings is 1. The molecular formula is C14H22N2O2. The SMILES string of the molecule is COC(=O)c1ccc(CN(C)CC(C)(C)C)nc1. The minimum absolute atomic E-state index is 0.265. The summed E-state index contributed by atoms with van der Waals surface area (Å²) in [5.41, 5.74) is 1.70. The number of ether oxygens (including phenoxy) is 1. The molecule has 0 aromatic carbocycles. The zero-order chi connectivity index (χ0) is 13.8. The second kappa shape index (κ2) is 5.96. The smallest absolute Gasteiger partial charge is 0.339 e. The lowest BCUT2D eigenvalue weighted by molar-refractivity contribution is 0.0600. The van der Waals surface area contributed by atoms with Crippen LogP contribution < -0.4 is 0 Å². The lowest BCUT2D eigenvalue weighted by atomic mass is 9.96. The van der Waals surface area contributed by atoms with Crippen molar-refractivity contribution in [1.82, 2.24) is 9.88 Å².